The standard InChI is InChI=1S/C20H28N2O3/c1-14-12-16(3)17(13-15(14)2)18(24)22-9-5-7-20(22)6-4-8-21(10-11-23)19(20)25/h12-13,23H,4-11H2,1-3H3. The highest BCUT2D eigenvalue weighted by Crippen LogP contribution is 2.39. The number of benzene rings is 1. The number of hydrogen-bond acceptors (Lipinski definition) is 3. The molecule has 25 heavy (non-hydrogen) atoms. The van der Waals surface area contributed by atoms with Crippen LogP contribution >= 0.6 is 0 Å². The van der Waals surface area contributed by atoms with Gasteiger partial charge in [-0.1, -0.05) is 6.07 Å². The van der Waals surface area contributed by atoms with E-state index in [0.717, 1.165) is 36.8 Å². The molecule has 1 atom stereocenters. The van der Waals surface area contributed by atoms with Crippen LogP contribution in [0.4, 0.5) is 0 Å². The molecule has 0 radical (unpaired) electrons. The molecule has 5 heteroatoms. The lowest BCUT2D eigenvalue weighted by Gasteiger charge is -2.44. The molecule has 1 spiro atoms. The summed E-state index contributed by atoms with van der Waals surface area (Å²) in [5, 5.41) is 9.24. The first kappa shape index (κ1) is 17.9. The molecule has 2 saturated heterocycles. The van der Waals surface area contributed by atoms with Gasteiger partial charge >= 0.3 is 0 Å². The van der Waals surface area contributed by atoms with Crippen LogP contribution in [0.15, 0.2) is 12.1 Å². The maximum atomic E-state index is 13.3. The van der Waals surface area contributed by atoms with Gasteiger partial charge in [0.15, 0.2) is 0 Å². The van der Waals surface area contributed by atoms with Gasteiger partial charge in [0.25, 0.3) is 5.91 Å². The number of hydrogen-bond donors (Lipinski definition) is 1. The molecule has 1 aromatic rings. The molecule has 2 aliphatic heterocycles. The Balaban J connectivity index is 1.95. The summed E-state index contributed by atoms with van der Waals surface area (Å²) < 4.78 is 0. The Morgan fingerprint density at radius 3 is 2.40 bits per heavy atom. The summed E-state index contributed by atoms with van der Waals surface area (Å²) in [6, 6.07) is 4.00. The Morgan fingerprint density at radius 1 is 1.08 bits per heavy atom. The summed E-state index contributed by atoms with van der Waals surface area (Å²) in [7, 11) is 0. The highest BCUT2D eigenvalue weighted by Gasteiger charge is 2.52. The van der Waals surface area contributed by atoms with E-state index in [1.54, 1.807) is 4.90 Å². The van der Waals surface area contributed by atoms with Crippen LogP contribution in [0.5, 0.6) is 0 Å². The molecule has 2 heterocycles. The van der Waals surface area contributed by atoms with Gasteiger partial charge in [0.2, 0.25) is 5.91 Å². The summed E-state index contributed by atoms with van der Waals surface area (Å²) >= 11 is 0. The first-order chi connectivity index (χ1) is 11.9. The van der Waals surface area contributed by atoms with Crippen molar-refractivity contribution in [1.82, 2.24) is 9.80 Å². The van der Waals surface area contributed by atoms with Gasteiger partial charge in [-0.05, 0) is 69.2 Å². The van der Waals surface area contributed by atoms with Gasteiger partial charge in [-0.3, -0.25) is 9.59 Å². The molecule has 1 unspecified atom stereocenters. The molecular formula is C20H28N2O3. The van der Waals surface area contributed by atoms with Crippen LogP contribution in [0, 0.1) is 20.8 Å². The lowest BCUT2D eigenvalue weighted by atomic mass is 9.84. The first-order valence-corrected chi connectivity index (χ1v) is 9.21. The van der Waals surface area contributed by atoms with E-state index in [-0.39, 0.29) is 18.4 Å². The number of nitrogens with zero attached hydrogens (tertiary/aromatic N) is 2. The zero-order valence-corrected chi connectivity index (χ0v) is 15.5. The van der Waals surface area contributed by atoms with Crippen LogP contribution in [0.2, 0.25) is 0 Å². The summed E-state index contributed by atoms with van der Waals surface area (Å²) in [4.78, 5) is 30.0. The lowest BCUT2D eigenvalue weighted by molar-refractivity contribution is -0.146. The van der Waals surface area contributed by atoms with Gasteiger partial charge < -0.3 is 14.9 Å². The normalized spacial score (nSPS) is 23.6. The molecule has 5 nitrogen and oxygen atoms in total. The van der Waals surface area contributed by atoms with Gasteiger partial charge in [-0.25, -0.2) is 0 Å². The Labute approximate surface area is 149 Å². The summed E-state index contributed by atoms with van der Waals surface area (Å²) in [5.41, 5.74) is 3.23. The zero-order valence-electron chi connectivity index (χ0n) is 15.5. The quantitative estimate of drug-likeness (QED) is 0.914. The molecule has 0 saturated carbocycles. The fraction of sp³-hybridized carbons (Fsp3) is 0.600. The Hall–Kier alpha value is -1.88. The van der Waals surface area contributed by atoms with Gasteiger partial charge in [-0.15, -0.1) is 0 Å². The molecule has 0 bridgehead atoms. The van der Waals surface area contributed by atoms with E-state index >= 15 is 0 Å². The predicted octanol–water partition coefficient (Wildman–Crippen LogP) is 2.20. The van der Waals surface area contributed by atoms with E-state index in [2.05, 4.69) is 0 Å². The summed E-state index contributed by atoms with van der Waals surface area (Å²) in [6.45, 7) is 7.64. The average Bonchev–Trinajstić information content (AvgIpc) is 2.99. The number of amides is 2. The maximum Gasteiger partial charge on any atom is 0.255 e. The van der Waals surface area contributed by atoms with Gasteiger partial charge in [-0.2, -0.15) is 0 Å². The third-order valence-electron chi connectivity index (χ3n) is 5.88. The minimum atomic E-state index is -0.713. The van der Waals surface area contributed by atoms with Crippen LogP contribution < -0.4 is 0 Å². The van der Waals surface area contributed by atoms with Crippen molar-refractivity contribution in [1.29, 1.82) is 0 Å². The number of piperidine rings is 1. The number of rotatable bonds is 3. The molecule has 1 aromatic carbocycles. The summed E-state index contributed by atoms with van der Waals surface area (Å²) in [6.07, 6.45) is 3.18. The second kappa shape index (κ2) is 6.79. The smallest absolute Gasteiger partial charge is 0.255 e. The highest BCUT2D eigenvalue weighted by atomic mass is 16.3. The SMILES string of the molecule is Cc1cc(C)c(C(=O)N2CCCC23CCCN(CCO)C3=O)cc1C. The number of carbonyl (C=O) groups excluding carboxylic acids is 2. The summed E-state index contributed by atoms with van der Waals surface area (Å²) in [5.74, 6) is -0.0163. The fourth-order valence-corrected chi connectivity index (χ4v) is 4.39. The number of carbonyl (C=O) groups is 2. The number of aliphatic hydroxyl groups excluding tert-OH is 1. The first-order valence-electron chi connectivity index (χ1n) is 9.21. The van der Waals surface area contributed by atoms with Gasteiger partial charge in [0.1, 0.15) is 5.54 Å². The van der Waals surface area contributed by atoms with Crippen LogP contribution in [0.1, 0.15) is 52.7 Å². The van der Waals surface area contributed by atoms with E-state index in [1.165, 1.54) is 5.56 Å². The number of aliphatic hydroxyl groups is 1. The zero-order chi connectivity index (χ0) is 18.2. The van der Waals surface area contributed by atoms with Crippen LogP contribution in [0.3, 0.4) is 0 Å². The molecule has 2 amide bonds. The predicted molar refractivity (Wildman–Crippen MR) is 96.6 cm³/mol. The van der Waals surface area contributed by atoms with E-state index in [0.29, 0.717) is 25.2 Å². The third-order valence-corrected chi connectivity index (χ3v) is 5.88. The minimum Gasteiger partial charge on any atom is -0.395 e. The maximum absolute atomic E-state index is 13.3. The molecule has 0 aliphatic carbocycles. The van der Waals surface area contributed by atoms with Crippen LogP contribution in [-0.4, -0.2) is 58.5 Å². The molecule has 2 aliphatic rings. The Bertz CT molecular complexity index is 698. The third kappa shape index (κ3) is 2.95. The van der Waals surface area contributed by atoms with Crippen molar-refractivity contribution in [2.45, 2.75) is 52.0 Å². The second-order valence-electron chi connectivity index (χ2n) is 7.46. The average molecular weight is 344 g/mol. The van der Waals surface area contributed by atoms with Crippen molar-refractivity contribution >= 4 is 11.8 Å². The Kier molecular flexibility index (Phi) is 4.87. The van der Waals surface area contributed by atoms with Crippen molar-refractivity contribution < 1.29 is 14.7 Å². The van der Waals surface area contributed by atoms with Crippen molar-refractivity contribution in [2.24, 2.45) is 0 Å². The largest absolute Gasteiger partial charge is 0.395 e. The molecular weight excluding hydrogens is 316 g/mol. The molecule has 136 valence electrons. The van der Waals surface area contributed by atoms with Crippen molar-refractivity contribution in [3.05, 3.63) is 34.4 Å². The van der Waals surface area contributed by atoms with Crippen LogP contribution in [0.25, 0.3) is 0 Å². The number of likely N-dealkylation sites (tertiary alicyclic amines) is 2. The number of β-amino-alcohol motifs (C(OH)–C–C–N with tert-alkyl or cyclic N) is 1. The molecule has 2 fully saturated rings. The van der Waals surface area contributed by atoms with Crippen molar-refractivity contribution in [3.63, 3.8) is 0 Å². The minimum absolute atomic E-state index is 0.0140. The van der Waals surface area contributed by atoms with E-state index < -0.39 is 5.54 Å². The second-order valence-corrected chi connectivity index (χ2v) is 7.46. The van der Waals surface area contributed by atoms with E-state index in [4.69, 9.17) is 0 Å². The molecule has 0 aromatic heterocycles. The van der Waals surface area contributed by atoms with E-state index in [9.17, 15) is 14.7 Å². The lowest BCUT2D eigenvalue weighted by Crippen LogP contribution is -2.61. The van der Waals surface area contributed by atoms with E-state index in [1.807, 2.05) is 37.8 Å². The molecule has 1 N–H and O–H groups in total. The number of aryl methyl sites for hydroxylation is 3. The van der Waals surface area contributed by atoms with Gasteiger partial charge in [0.05, 0.1) is 6.61 Å². The Morgan fingerprint density at radius 2 is 1.72 bits per heavy atom. The van der Waals surface area contributed by atoms with Crippen LogP contribution in [-0.2, 0) is 4.79 Å². The fourth-order valence-electron chi connectivity index (χ4n) is 4.39. The molecule has 3 rings (SSSR count). The highest BCUT2D eigenvalue weighted by molar-refractivity contribution is 6.01. The van der Waals surface area contributed by atoms with Crippen molar-refractivity contribution in [3.8, 4) is 0 Å². The van der Waals surface area contributed by atoms with Crippen molar-refractivity contribution in [2.75, 3.05) is 26.2 Å². The monoisotopic (exact) mass is 344 g/mol. The van der Waals surface area contributed by atoms with Gasteiger partial charge in [0, 0.05) is 25.2 Å². The topological polar surface area (TPSA) is 60.9 Å².